The van der Waals surface area contributed by atoms with Crippen LogP contribution in [0.5, 0.6) is 0 Å². The van der Waals surface area contributed by atoms with Crippen molar-refractivity contribution in [3.05, 3.63) is 21.3 Å². The molecule has 12 heavy (non-hydrogen) atoms. The highest BCUT2D eigenvalue weighted by Crippen LogP contribution is 2.32. The molecule has 62 valence electrons. The first kappa shape index (κ1) is 8.22. The second kappa shape index (κ2) is 3.16. The van der Waals surface area contributed by atoms with Gasteiger partial charge in [-0.25, -0.2) is 0 Å². The van der Waals surface area contributed by atoms with Gasteiger partial charge < -0.3 is 4.42 Å². The summed E-state index contributed by atoms with van der Waals surface area (Å²) < 4.78 is 5.13. The van der Waals surface area contributed by atoms with Crippen LogP contribution in [0.1, 0.15) is 0 Å². The maximum atomic E-state index is 5.85. The van der Waals surface area contributed by atoms with Crippen LogP contribution in [-0.4, -0.2) is 10.2 Å². The van der Waals surface area contributed by atoms with Crippen molar-refractivity contribution in [2.24, 2.45) is 0 Å². The van der Waals surface area contributed by atoms with Crippen LogP contribution in [0, 0.1) is 0 Å². The SMILES string of the molecule is Clc1ccsc1-c1nnc(Br)o1. The van der Waals surface area contributed by atoms with Gasteiger partial charge in [-0.1, -0.05) is 11.6 Å². The van der Waals surface area contributed by atoms with E-state index in [0.717, 1.165) is 4.88 Å². The fourth-order valence-corrected chi connectivity index (χ4v) is 2.03. The minimum Gasteiger partial charge on any atom is -0.410 e. The lowest BCUT2D eigenvalue weighted by molar-refractivity contribution is 0.541. The fourth-order valence-electron chi connectivity index (χ4n) is 0.743. The molecule has 2 aromatic heterocycles. The van der Waals surface area contributed by atoms with Gasteiger partial charge in [0, 0.05) is 15.9 Å². The fraction of sp³-hybridized carbons (Fsp3) is 0. The van der Waals surface area contributed by atoms with Crippen LogP contribution in [0.15, 0.2) is 20.7 Å². The van der Waals surface area contributed by atoms with Crippen molar-refractivity contribution in [3.8, 4) is 10.8 Å². The molecule has 0 saturated carbocycles. The Morgan fingerprint density at radius 2 is 2.33 bits per heavy atom. The van der Waals surface area contributed by atoms with Crippen LogP contribution in [0.25, 0.3) is 10.8 Å². The lowest BCUT2D eigenvalue weighted by Crippen LogP contribution is -1.71. The number of thiophene rings is 1. The third-order valence-electron chi connectivity index (χ3n) is 1.21. The smallest absolute Gasteiger partial charge is 0.285 e. The molecule has 0 fully saturated rings. The number of hydrogen-bond acceptors (Lipinski definition) is 4. The van der Waals surface area contributed by atoms with Gasteiger partial charge in [-0.15, -0.1) is 21.5 Å². The first-order valence-corrected chi connectivity index (χ1v) is 5.05. The molecule has 0 aliphatic heterocycles. The van der Waals surface area contributed by atoms with Gasteiger partial charge in [0.15, 0.2) is 0 Å². The highest BCUT2D eigenvalue weighted by atomic mass is 79.9. The normalized spacial score (nSPS) is 10.5. The van der Waals surface area contributed by atoms with Crippen molar-refractivity contribution in [3.63, 3.8) is 0 Å². The van der Waals surface area contributed by atoms with Gasteiger partial charge in [-0.3, -0.25) is 0 Å². The first-order valence-electron chi connectivity index (χ1n) is 3.00. The summed E-state index contributed by atoms with van der Waals surface area (Å²) in [5.41, 5.74) is 0. The van der Waals surface area contributed by atoms with Crippen molar-refractivity contribution in [1.82, 2.24) is 10.2 Å². The summed E-state index contributed by atoms with van der Waals surface area (Å²) in [5.74, 6) is 0.446. The largest absolute Gasteiger partial charge is 0.410 e. The van der Waals surface area contributed by atoms with E-state index in [1.54, 1.807) is 6.07 Å². The summed E-state index contributed by atoms with van der Waals surface area (Å²) in [4.78, 5) is 1.16. The van der Waals surface area contributed by atoms with Crippen LogP contribution in [0.4, 0.5) is 0 Å². The van der Waals surface area contributed by atoms with Gasteiger partial charge >= 0.3 is 0 Å². The van der Waals surface area contributed by atoms with Crippen molar-refractivity contribution in [1.29, 1.82) is 0 Å². The topological polar surface area (TPSA) is 38.9 Å². The molecule has 0 aliphatic carbocycles. The van der Waals surface area contributed by atoms with Gasteiger partial charge in [-0.2, -0.15) is 0 Å². The summed E-state index contributed by atoms with van der Waals surface area (Å²) >= 11 is 10.4. The van der Waals surface area contributed by atoms with Gasteiger partial charge in [0.05, 0.1) is 5.02 Å². The van der Waals surface area contributed by atoms with Crippen molar-refractivity contribution in [2.75, 3.05) is 0 Å². The molecular weight excluding hydrogens is 264 g/mol. The molecule has 0 N–H and O–H groups in total. The minimum atomic E-state index is 0.363. The van der Waals surface area contributed by atoms with Gasteiger partial charge in [0.1, 0.15) is 4.88 Å². The predicted molar refractivity (Wildman–Crippen MR) is 50.3 cm³/mol. The van der Waals surface area contributed by atoms with Crippen molar-refractivity contribution < 1.29 is 4.42 Å². The molecule has 6 heteroatoms. The lowest BCUT2D eigenvalue weighted by Gasteiger charge is -1.86. The Kier molecular flexibility index (Phi) is 2.16. The quantitative estimate of drug-likeness (QED) is 0.795. The van der Waals surface area contributed by atoms with Crippen molar-refractivity contribution in [2.45, 2.75) is 0 Å². The Bertz CT molecular complexity index is 400. The number of nitrogens with zero attached hydrogens (tertiary/aromatic N) is 2. The van der Waals surface area contributed by atoms with E-state index in [2.05, 4.69) is 26.1 Å². The monoisotopic (exact) mass is 264 g/mol. The molecule has 2 heterocycles. The van der Waals surface area contributed by atoms with Crippen molar-refractivity contribution >= 4 is 38.9 Å². The Hall–Kier alpha value is -0.390. The zero-order valence-electron chi connectivity index (χ0n) is 5.62. The average molecular weight is 266 g/mol. The third-order valence-corrected chi connectivity index (χ3v) is 2.86. The van der Waals surface area contributed by atoms with Crippen LogP contribution >= 0.6 is 38.9 Å². The van der Waals surface area contributed by atoms with Crippen LogP contribution in [-0.2, 0) is 0 Å². The van der Waals surface area contributed by atoms with Crippen LogP contribution < -0.4 is 0 Å². The van der Waals surface area contributed by atoms with E-state index >= 15 is 0 Å². The summed E-state index contributed by atoms with van der Waals surface area (Å²) in [6, 6.07) is 1.79. The van der Waals surface area contributed by atoms with Gasteiger partial charge in [0.25, 0.3) is 10.7 Å². The maximum absolute atomic E-state index is 5.85. The maximum Gasteiger partial charge on any atom is 0.285 e. The van der Waals surface area contributed by atoms with E-state index in [4.69, 9.17) is 16.0 Å². The molecule has 2 rings (SSSR count). The number of rotatable bonds is 1. The zero-order chi connectivity index (χ0) is 8.55. The Labute approximate surface area is 85.5 Å². The highest BCUT2D eigenvalue weighted by molar-refractivity contribution is 9.10. The highest BCUT2D eigenvalue weighted by Gasteiger charge is 2.11. The molecular formula is C6H2BrClN2OS. The molecule has 0 atom stereocenters. The Morgan fingerprint density at radius 1 is 1.50 bits per heavy atom. The van der Waals surface area contributed by atoms with E-state index in [1.807, 2.05) is 5.38 Å². The molecule has 2 aromatic rings. The summed E-state index contributed by atoms with van der Waals surface area (Å²) in [6.07, 6.45) is 0. The summed E-state index contributed by atoms with van der Waals surface area (Å²) in [5, 5.41) is 9.95. The Balaban J connectivity index is 2.50. The molecule has 0 unspecified atom stereocenters. The van der Waals surface area contributed by atoms with Crippen LogP contribution in [0.2, 0.25) is 5.02 Å². The zero-order valence-corrected chi connectivity index (χ0v) is 8.78. The molecule has 3 nitrogen and oxygen atoms in total. The number of halogens is 2. The molecule has 0 aliphatic rings. The number of hydrogen-bond donors (Lipinski definition) is 0. The minimum absolute atomic E-state index is 0.363. The predicted octanol–water partition coefficient (Wildman–Crippen LogP) is 3.21. The molecule has 0 radical (unpaired) electrons. The molecule has 0 aromatic carbocycles. The third kappa shape index (κ3) is 1.39. The number of aromatic nitrogens is 2. The molecule has 0 spiro atoms. The van der Waals surface area contributed by atoms with Crippen LogP contribution in [0.3, 0.4) is 0 Å². The lowest BCUT2D eigenvalue weighted by atomic mass is 10.5. The standard InChI is InChI=1S/C6H2BrClN2OS/c7-6-10-9-5(11-6)4-3(8)1-2-12-4/h1-2H. The second-order valence-corrected chi connectivity index (χ2v) is 3.96. The van der Waals surface area contributed by atoms with E-state index in [9.17, 15) is 0 Å². The first-order chi connectivity index (χ1) is 5.77. The summed E-state index contributed by atoms with van der Waals surface area (Å²) in [7, 11) is 0. The van der Waals surface area contributed by atoms with Gasteiger partial charge in [-0.05, 0) is 11.4 Å². The molecule has 0 bridgehead atoms. The Morgan fingerprint density at radius 3 is 2.83 bits per heavy atom. The molecule has 0 saturated heterocycles. The van der Waals surface area contributed by atoms with E-state index in [0.29, 0.717) is 15.7 Å². The summed E-state index contributed by atoms with van der Waals surface area (Å²) in [6.45, 7) is 0. The second-order valence-electron chi connectivity index (χ2n) is 1.96. The van der Waals surface area contributed by atoms with E-state index in [-0.39, 0.29) is 0 Å². The van der Waals surface area contributed by atoms with E-state index < -0.39 is 0 Å². The average Bonchev–Trinajstić information content (AvgIpc) is 2.58. The molecule has 0 amide bonds. The van der Waals surface area contributed by atoms with E-state index in [1.165, 1.54) is 11.3 Å². The van der Waals surface area contributed by atoms with Gasteiger partial charge in [0.2, 0.25) is 0 Å².